The number of hydrogen-bond donors (Lipinski definition) is 0. The molecule has 0 spiro atoms. The Labute approximate surface area is 223 Å². The Morgan fingerprint density at radius 2 is 1.61 bits per heavy atom. The van der Waals surface area contributed by atoms with E-state index in [1.54, 1.807) is 16.7 Å². The summed E-state index contributed by atoms with van der Waals surface area (Å²) < 4.78 is 0. The molecular formula is C36H54. The molecule has 0 heteroatoms. The first-order valence-corrected chi connectivity index (χ1v) is 15.3. The lowest BCUT2D eigenvalue weighted by molar-refractivity contribution is 0.166. The maximum Gasteiger partial charge on any atom is -0.0118 e. The topological polar surface area (TPSA) is 0 Å². The van der Waals surface area contributed by atoms with Crippen LogP contribution >= 0.6 is 0 Å². The van der Waals surface area contributed by atoms with E-state index in [2.05, 4.69) is 58.7 Å². The minimum absolute atomic E-state index is 0.318. The summed E-state index contributed by atoms with van der Waals surface area (Å²) >= 11 is 0. The molecule has 0 heterocycles. The molecule has 2 saturated carbocycles. The average molecular weight is 487 g/mol. The normalized spacial score (nSPS) is 28.6. The zero-order valence-electron chi connectivity index (χ0n) is 24.0. The summed E-state index contributed by atoms with van der Waals surface area (Å²) in [5.41, 5.74) is 9.40. The molecule has 0 N–H and O–H groups in total. The van der Waals surface area contributed by atoms with Gasteiger partial charge < -0.3 is 0 Å². The lowest BCUT2D eigenvalue weighted by Crippen LogP contribution is -2.27. The van der Waals surface area contributed by atoms with Crippen molar-refractivity contribution in [2.45, 2.75) is 124 Å². The summed E-state index contributed by atoms with van der Waals surface area (Å²) in [6, 6.07) is 7.37. The molecule has 0 aromatic heterocycles. The molecule has 0 saturated heterocycles. The minimum Gasteiger partial charge on any atom is -0.0999 e. The van der Waals surface area contributed by atoms with E-state index in [1.807, 2.05) is 0 Å². The zero-order chi connectivity index (χ0) is 25.7. The maximum absolute atomic E-state index is 4.63. The Hall–Kier alpha value is -1.56. The number of rotatable bonds is 12. The van der Waals surface area contributed by atoms with Crippen LogP contribution in [-0.4, -0.2) is 0 Å². The van der Waals surface area contributed by atoms with Gasteiger partial charge in [0.05, 0.1) is 0 Å². The summed E-state index contributed by atoms with van der Waals surface area (Å²) in [5, 5.41) is 0. The molecular weight excluding hydrogens is 432 g/mol. The number of fused-ring (bicyclic) bond motifs is 1. The van der Waals surface area contributed by atoms with Crippen LogP contribution in [0.5, 0.6) is 0 Å². The molecule has 198 valence electrons. The van der Waals surface area contributed by atoms with Crippen molar-refractivity contribution in [3.8, 4) is 0 Å². The lowest BCUT2D eigenvalue weighted by Gasteiger charge is -2.40. The second-order valence-electron chi connectivity index (χ2n) is 13.5. The Balaban J connectivity index is 1.14. The van der Waals surface area contributed by atoms with Crippen molar-refractivity contribution < 1.29 is 0 Å². The van der Waals surface area contributed by atoms with Gasteiger partial charge in [-0.1, -0.05) is 74.4 Å². The van der Waals surface area contributed by atoms with E-state index in [0.717, 1.165) is 24.2 Å². The number of hydrogen-bond acceptors (Lipinski definition) is 0. The highest BCUT2D eigenvalue weighted by Gasteiger charge is 2.34. The monoisotopic (exact) mass is 486 g/mol. The number of allylic oxidation sites excluding steroid dienone is 3. The first kappa shape index (κ1) is 27.5. The third-order valence-corrected chi connectivity index (χ3v) is 10.6. The van der Waals surface area contributed by atoms with Gasteiger partial charge in [0.1, 0.15) is 0 Å². The third-order valence-electron chi connectivity index (χ3n) is 10.6. The molecule has 0 bridgehead atoms. The Morgan fingerprint density at radius 1 is 0.944 bits per heavy atom. The summed E-state index contributed by atoms with van der Waals surface area (Å²) in [6.07, 6.45) is 21.4. The van der Waals surface area contributed by atoms with Gasteiger partial charge in [0.15, 0.2) is 0 Å². The number of benzene rings is 1. The van der Waals surface area contributed by atoms with E-state index in [4.69, 9.17) is 0 Å². The number of aryl methyl sites for hydroxylation is 3. The first-order chi connectivity index (χ1) is 17.2. The van der Waals surface area contributed by atoms with E-state index in [0.29, 0.717) is 11.3 Å². The van der Waals surface area contributed by atoms with Crippen LogP contribution < -0.4 is 0 Å². The van der Waals surface area contributed by atoms with E-state index in [9.17, 15) is 0 Å². The van der Waals surface area contributed by atoms with Gasteiger partial charge in [0, 0.05) is 0 Å². The van der Waals surface area contributed by atoms with Crippen LogP contribution in [0.2, 0.25) is 0 Å². The zero-order valence-corrected chi connectivity index (χ0v) is 24.0. The van der Waals surface area contributed by atoms with Crippen molar-refractivity contribution in [2.24, 2.45) is 29.1 Å². The molecule has 3 aliphatic rings. The molecule has 1 atom stereocenters. The summed E-state index contributed by atoms with van der Waals surface area (Å²) in [5.74, 6) is 3.29. The van der Waals surface area contributed by atoms with Gasteiger partial charge in [-0.05, 0) is 150 Å². The van der Waals surface area contributed by atoms with Crippen LogP contribution in [0, 0.1) is 29.1 Å². The van der Waals surface area contributed by atoms with Crippen molar-refractivity contribution in [3.63, 3.8) is 0 Å². The highest BCUT2D eigenvalue weighted by molar-refractivity contribution is 5.34. The molecule has 0 amide bonds. The van der Waals surface area contributed by atoms with Crippen molar-refractivity contribution in [2.75, 3.05) is 0 Å². The summed E-state index contributed by atoms with van der Waals surface area (Å²) in [4.78, 5) is 0. The Bertz CT molecular complexity index is 915. The molecule has 1 unspecified atom stereocenters. The molecule has 36 heavy (non-hydrogen) atoms. The quantitative estimate of drug-likeness (QED) is 0.258. The average Bonchev–Trinajstić information content (AvgIpc) is 2.84. The maximum atomic E-state index is 4.63. The van der Waals surface area contributed by atoms with E-state index in [-0.39, 0.29) is 0 Å². The highest BCUT2D eigenvalue weighted by Crippen LogP contribution is 2.47. The fraction of sp³-hybridized carbons (Fsp3) is 0.667. The largest absolute Gasteiger partial charge is 0.0999 e. The molecule has 3 aliphatic carbocycles. The van der Waals surface area contributed by atoms with Crippen molar-refractivity contribution in [3.05, 3.63) is 71.3 Å². The Kier molecular flexibility index (Phi) is 9.40. The predicted octanol–water partition coefficient (Wildman–Crippen LogP) is 10.6. The SMILES string of the molecule is C=C(C)C1CCC(C)(C(=C)CC(CCCC2CC(CCc3ccc4c(c3)CCCC4)C2)C(=C)C)CC1. The highest BCUT2D eigenvalue weighted by atomic mass is 14.4. The van der Waals surface area contributed by atoms with Crippen molar-refractivity contribution in [1.82, 2.24) is 0 Å². The second-order valence-corrected chi connectivity index (χ2v) is 13.5. The third kappa shape index (κ3) is 7.05. The van der Waals surface area contributed by atoms with Crippen LogP contribution in [0.4, 0.5) is 0 Å². The molecule has 4 rings (SSSR count). The first-order valence-electron chi connectivity index (χ1n) is 15.3. The van der Waals surface area contributed by atoms with Gasteiger partial charge in [-0.3, -0.25) is 0 Å². The van der Waals surface area contributed by atoms with E-state index >= 15 is 0 Å². The smallest absolute Gasteiger partial charge is 0.0118 e. The van der Waals surface area contributed by atoms with Crippen LogP contribution in [0.3, 0.4) is 0 Å². The molecule has 1 aromatic carbocycles. The molecule has 1 aromatic rings. The van der Waals surface area contributed by atoms with Crippen LogP contribution in [-0.2, 0) is 19.3 Å². The van der Waals surface area contributed by atoms with Crippen LogP contribution in [0.25, 0.3) is 0 Å². The Morgan fingerprint density at radius 3 is 2.28 bits per heavy atom. The van der Waals surface area contributed by atoms with Crippen molar-refractivity contribution >= 4 is 0 Å². The van der Waals surface area contributed by atoms with Crippen molar-refractivity contribution in [1.29, 1.82) is 0 Å². The summed E-state index contributed by atoms with van der Waals surface area (Å²) in [7, 11) is 0. The standard InChI is InChI=1S/C36H54/c1-26(2)32-18-20-36(6,21-19-32)28(5)22-34(27(3)4)13-9-10-30-23-31(24-30)15-14-29-16-17-33-11-7-8-12-35(33)25-29/h16-17,25,30-32,34H,1,3,5,7-15,18-24H2,2,4,6H3. The lowest BCUT2D eigenvalue weighted by atomic mass is 9.65. The molecule has 0 radical (unpaired) electrons. The second kappa shape index (κ2) is 12.3. The van der Waals surface area contributed by atoms with Gasteiger partial charge >= 0.3 is 0 Å². The van der Waals surface area contributed by atoms with Gasteiger partial charge in [0.25, 0.3) is 0 Å². The van der Waals surface area contributed by atoms with Gasteiger partial charge in [-0.2, -0.15) is 0 Å². The fourth-order valence-corrected chi connectivity index (χ4v) is 7.48. The predicted molar refractivity (Wildman–Crippen MR) is 158 cm³/mol. The van der Waals surface area contributed by atoms with Gasteiger partial charge in [0.2, 0.25) is 0 Å². The van der Waals surface area contributed by atoms with E-state index in [1.165, 1.54) is 113 Å². The molecule has 0 aliphatic heterocycles. The van der Waals surface area contributed by atoms with Gasteiger partial charge in [-0.15, -0.1) is 0 Å². The minimum atomic E-state index is 0.318. The van der Waals surface area contributed by atoms with E-state index < -0.39 is 0 Å². The molecule has 2 fully saturated rings. The van der Waals surface area contributed by atoms with Gasteiger partial charge in [-0.25, -0.2) is 0 Å². The van der Waals surface area contributed by atoms with Crippen LogP contribution in [0.15, 0.2) is 54.7 Å². The summed E-state index contributed by atoms with van der Waals surface area (Å²) in [6.45, 7) is 20.1. The molecule has 0 nitrogen and oxygen atoms in total. The van der Waals surface area contributed by atoms with Crippen LogP contribution in [0.1, 0.15) is 121 Å². The fourth-order valence-electron chi connectivity index (χ4n) is 7.48.